The predicted octanol–water partition coefficient (Wildman–Crippen LogP) is 15.0. The van der Waals surface area contributed by atoms with Crippen molar-refractivity contribution in [2.45, 2.75) is 0 Å². The Kier molecular flexibility index (Phi) is 8.83. The molecule has 60 heavy (non-hydrogen) atoms. The van der Waals surface area contributed by atoms with Gasteiger partial charge in [0, 0.05) is 16.7 Å². The minimum absolute atomic E-state index is 0.631. The Morgan fingerprint density at radius 1 is 0.217 bits per heavy atom. The second kappa shape index (κ2) is 15.1. The molecular weight excluding hydrogens is 727 g/mol. The van der Waals surface area contributed by atoms with Crippen molar-refractivity contribution in [1.82, 2.24) is 15.0 Å². The Morgan fingerprint density at radius 2 is 0.633 bits per heavy atom. The molecule has 11 rings (SSSR count). The third kappa shape index (κ3) is 6.39. The maximum Gasteiger partial charge on any atom is 0.164 e. The first kappa shape index (κ1) is 35.2. The molecule has 0 amide bonds. The van der Waals surface area contributed by atoms with Crippen LogP contribution in [0.5, 0.6) is 0 Å². The fourth-order valence-electron chi connectivity index (χ4n) is 8.65. The molecule has 0 aliphatic heterocycles. The molecule has 1 heterocycles. The van der Waals surface area contributed by atoms with Crippen LogP contribution in [-0.4, -0.2) is 15.0 Å². The molecule has 0 unspecified atom stereocenters. The Labute approximate surface area is 349 Å². The van der Waals surface area contributed by atoms with Crippen LogP contribution in [0.3, 0.4) is 0 Å². The van der Waals surface area contributed by atoms with Crippen LogP contribution >= 0.6 is 0 Å². The van der Waals surface area contributed by atoms with E-state index in [1.54, 1.807) is 0 Å². The van der Waals surface area contributed by atoms with Crippen molar-refractivity contribution < 1.29 is 0 Å². The van der Waals surface area contributed by atoms with E-state index >= 15 is 0 Å². The van der Waals surface area contributed by atoms with Crippen LogP contribution in [0.2, 0.25) is 0 Å². The lowest BCUT2D eigenvalue weighted by molar-refractivity contribution is 1.07. The maximum absolute atomic E-state index is 5.16. The van der Waals surface area contributed by atoms with E-state index in [1.165, 1.54) is 65.9 Å². The van der Waals surface area contributed by atoms with Crippen LogP contribution < -0.4 is 0 Å². The zero-order valence-electron chi connectivity index (χ0n) is 32.7. The molecule has 0 aliphatic rings. The number of nitrogens with zero attached hydrogens (tertiary/aromatic N) is 3. The van der Waals surface area contributed by atoms with Gasteiger partial charge >= 0.3 is 0 Å². The van der Waals surface area contributed by atoms with Crippen LogP contribution in [-0.2, 0) is 0 Å². The number of fused-ring (bicyclic) bond motifs is 3. The summed E-state index contributed by atoms with van der Waals surface area (Å²) in [6, 6.07) is 79.7. The fourth-order valence-corrected chi connectivity index (χ4v) is 8.65. The summed E-state index contributed by atoms with van der Waals surface area (Å²) in [6.45, 7) is 0. The molecule has 0 N–H and O–H groups in total. The summed E-state index contributed by atoms with van der Waals surface area (Å²) in [4.78, 5) is 15.3. The molecular formula is C57H37N3. The molecule has 0 spiro atoms. The van der Waals surface area contributed by atoms with Crippen LogP contribution in [0.15, 0.2) is 224 Å². The van der Waals surface area contributed by atoms with Gasteiger partial charge in [0.2, 0.25) is 0 Å². The molecule has 0 aliphatic carbocycles. The van der Waals surface area contributed by atoms with Crippen molar-refractivity contribution in [3.05, 3.63) is 224 Å². The van der Waals surface area contributed by atoms with Gasteiger partial charge in [0.05, 0.1) is 0 Å². The average molecular weight is 764 g/mol. The average Bonchev–Trinajstić information content (AvgIpc) is 3.33. The summed E-state index contributed by atoms with van der Waals surface area (Å²) in [5.74, 6) is 1.91. The van der Waals surface area contributed by atoms with E-state index in [1.807, 2.05) is 18.2 Å². The lowest BCUT2D eigenvalue weighted by atomic mass is 9.83. The topological polar surface area (TPSA) is 38.7 Å². The van der Waals surface area contributed by atoms with Crippen LogP contribution in [0.4, 0.5) is 0 Å². The molecule has 0 fully saturated rings. The quantitative estimate of drug-likeness (QED) is 0.152. The third-order valence-electron chi connectivity index (χ3n) is 11.5. The summed E-state index contributed by atoms with van der Waals surface area (Å²) in [5.41, 5.74) is 12.4. The van der Waals surface area contributed by atoms with E-state index in [-0.39, 0.29) is 0 Å². The van der Waals surface area contributed by atoms with Gasteiger partial charge in [-0.15, -0.1) is 0 Å². The lowest BCUT2D eigenvalue weighted by Crippen LogP contribution is -2.00. The highest BCUT2D eigenvalue weighted by Crippen LogP contribution is 2.46. The highest BCUT2D eigenvalue weighted by molar-refractivity contribution is 6.22. The Bertz CT molecular complexity index is 3300. The molecule has 0 radical (unpaired) electrons. The second-order valence-corrected chi connectivity index (χ2v) is 15.1. The first-order chi connectivity index (χ1) is 29.7. The smallest absolute Gasteiger partial charge is 0.164 e. The number of rotatable bonds is 7. The third-order valence-corrected chi connectivity index (χ3v) is 11.5. The molecule has 1 aromatic heterocycles. The minimum Gasteiger partial charge on any atom is -0.208 e. The zero-order valence-corrected chi connectivity index (χ0v) is 32.7. The molecule has 10 aromatic carbocycles. The van der Waals surface area contributed by atoms with Crippen molar-refractivity contribution in [1.29, 1.82) is 0 Å². The van der Waals surface area contributed by atoms with Crippen molar-refractivity contribution in [3.8, 4) is 78.7 Å². The van der Waals surface area contributed by atoms with Crippen LogP contribution in [0.1, 0.15) is 0 Å². The van der Waals surface area contributed by atoms with Gasteiger partial charge in [0.1, 0.15) is 0 Å². The molecule has 3 nitrogen and oxygen atoms in total. The van der Waals surface area contributed by atoms with Crippen molar-refractivity contribution >= 4 is 32.3 Å². The largest absolute Gasteiger partial charge is 0.208 e. The normalized spacial score (nSPS) is 11.3. The highest BCUT2D eigenvalue weighted by atomic mass is 15.0. The standard InChI is InChI=1S/C57H37N3/c1-3-16-38(17-4-1)40-30-33-41(34-31-40)47-24-9-10-25-48(47)54-51-28-13-11-26-49(51)53(50-27-12-14-29-52(50)54)44-22-15-23-45(37-44)56-58-55(42-19-5-2-6-20-42)59-57(60-56)46-35-32-39-18-7-8-21-43(39)36-46/h1-37H. The number of hydrogen-bond acceptors (Lipinski definition) is 3. The first-order valence-corrected chi connectivity index (χ1v) is 20.4. The summed E-state index contributed by atoms with van der Waals surface area (Å²) in [6.07, 6.45) is 0. The summed E-state index contributed by atoms with van der Waals surface area (Å²) in [5, 5.41) is 7.11. The molecule has 0 saturated carbocycles. The van der Waals surface area contributed by atoms with E-state index in [4.69, 9.17) is 15.0 Å². The molecule has 0 bridgehead atoms. The fraction of sp³-hybridized carbons (Fsp3) is 0. The highest BCUT2D eigenvalue weighted by Gasteiger charge is 2.20. The van der Waals surface area contributed by atoms with Gasteiger partial charge in [0.15, 0.2) is 17.5 Å². The van der Waals surface area contributed by atoms with Crippen molar-refractivity contribution in [2.24, 2.45) is 0 Å². The molecule has 3 heteroatoms. The zero-order chi connectivity index (χ0) is 39.8. The van der Waals surface area contributed by atoms with E-state index in [9.17, 15) is 0 Å². The maximum atomic E-state index is 5.16. The van der Waals surface area contributed by atoms with E-state index < -0.39 is 0 Å². The summed E-state index contributed by atoms with van der Waals surface area (Å²) in [7, 11) is 0. The number of hydrogen-bond donors (Lipinski definition) is 0. The van der Waals surface area contributed by atoms with Gasteiger partial charge < -0.3 is 0 Å². The monoisotopic (exact) mass is 763 g/mol. The van der Waals surface area contributed by atoms with Crippen molar-refractivity contribution in [3.63, 3.8) is 0 Å². The van der Waals surface area contributed by atoms with Gasteiger partial charge in [-0.05, 0) is 89.0 Å². The van der Waals surface area contributed by atoms with Gasteiger partial charge in [0.25, 0.3) is 0 Å². The second-order valence-electron chi connectivity index (χ2n) is 15.1. The van der Waals surface area contributed by atoms with Gasteiger partial charge in [-0.1, -0.05) is 212 Å². The van der Waals surface area contributed by atoms with Crippen LogP contribution in [0.25, 0.3) is 111 Å². The van der Waals surface area contributed by atoms with E-state index in [0.717, 1.165) is 27.6 Å². The van der Waals surface area contributed by atoms with E-state index in [2.05, 4.69) is 206 Å². The number of benzene rings is 10. The van der Waals surface area contributed by atoms with Crippen molar-refractivity contribution in [2.75, 3.05) is 0 Å². The molecule has 11 aromatic rings. The van der Waals surface area contributed by atoms with Gasteiger partial charge in [-0.2, -0.15) is 0 Å². The molecule has 0 saturated heterocycles. The summed E-state index contributed by atoms with van der Waals surface area (Å²) < 4.78 is 0. The Balaban J connectivity index is 1.07. The first-order valence-electron chi connectivity index (χ1n) is 20.4. The van der Waals surface area contributed by atoms with Gasteiger partial charge in [-0.25, -0.2) is 15.0 Å². The lowest BCUT2D eigenvalue weighted by Gasteiger charge is -2.20. The van der Waals surface area contributed by atoms with Crippen LogP contribution in [0, 0.1) is 0 Å². The predicted molar refractivity (Wildman–Crippen MR) is 250 cm³/mol. The van der Waals surface area contributed by atoms with Gasteiger partial charge in [-0.3, -0.25) is 0 Å². The van der Waals surface area contributed by atoms with E-state index in [0.29, 0.717) is 17.5 Å². The molecule has 0 atom stereocenters. The minimum atomic E-state index is 0.631. The Morgan fingerprint density at radius 3 is 1.28 bits per heavy atom. The molecule has 280 valence electrons. The summed E-state index contributed by atoms with van der Waals surface area (Å²) >= 11 is 0. The SMILES string of the molecule is c1ccc(-c2ccc(-c3ccccc3-c3c4ccccc4c(-c4cccc(-c5nc(-c6ccccc6)nc(-c6ccc7ccccc7c6)n5)c4)c4ccccc34)cc2)cc1. The number of aromatic nitrogens is 3. The Hall–Kier alpha value is -8.01.